The predicted molar refractivity (Wildman–Crippen MR) is 83.0 cm³/mol. The van der Waals surface area contributed by atoms with Crippen molar-refractivity contribution in [1.29, 1.82) is 0 Å². The fourth-order valence-electron chi connectivity index (χ4n) is 1.90. The largest absolute Gasteiger partial charge is 0.464 e. The van der Waals surface area contributed by atoms with E-state index in [1.807, 2.05) is 0 Å². The highest BCUT2D eigenvalue weighted by Gasteiger charge is 2.20. The number of aromatic nitrogens is 3. The SMILES string of the molecule is COC(=O)c1c2cccnc2nn1COCC[Si](C)(C)C. The molecule has 0 aliphatic heterocycles. The molecule has 2 aromatic rings. The number of methoxy groups -OCH3 is 1. The molecule has 2 heterocycles. The van der Waals surface area contributed by atoms with E-state index in [2.05, 4.69) is 29.7 Å². The minimum atomic E-state index is -1.13. The van der Waals surface area contributed by atoms with Gasteiger partial charge in [-0.25, -0.2) is 14.5 Å². The molecule has 0 N–H and O–H groups in total. The third-order valence-corrected chi connectivity index (χ3v) is 4.81. The Morgan fingerprint density at radius 3 is 2.81 bits per heavy atom. The highest BCUT2D eigenvalue weighted by atomic mass is 28.3. The van der Waals surface area contributed by atoms with Gasteiger partial charge in [0.05, 0.1) is 12.5 Å². The lowest BCUT2D eigenvalue weighted by Crippen LogP contribution is -2.22. The van der Waals surface area contributed by atoms with Crippen molar-refractivity contribution in [2.75, 3.05) is 13.7 Å². The van der Waals surface area contributed by atoms with Crippen molar-refractivity contribution in [2.45, 2.75) is 32.4 Å². The van der Waals surface area contributed by atoms with Gasteiger partial charge >= 0.3 is 5.97 Å². The summed E-state index contributed by atoms with van der Waals surface area (Å²) >= 11 is 0. The molecule has 0 fully saturated rings. The first kappa shape index (κ1) is 15.7. The van der Waals surface area contributed by atoms with Gasteiger partial charge in [0.25, 0.3) is 0 Å². The van der Waals surface area contributed by atoms with E-state index >= 15 is 0 Å². The van der Waals surface area contributed by atoms with Crippen molar-refractivity contribution in [3.05, 3.63) is 24.0 Å². The van der Waals surface area contributed by atoms with Gasteiger partial charge in [0.15, 0.2) is 11.3 Å². The second-order valence-electron chi connectivity index (χ2n) is 6.06. The molecule has 0 aliphatic carbocycles. The molecule has 6 nitrogen and oxygen atoms in total. The van der Waals surface area contributed by atoms with Gasteiger partial charge in [-0.2, -0.15) is 0 Å². The highest BCUT2D eigenvalue weighted by molar-refractivity contribution is 6.76. The van der Waals surface area contributed by atoms with E-state index < -0.39 is 14.0 Å². The summed E-state index contributed by atoms with van der Waals surface area (Å²) in [6, 6.07) is 4.65. The van der Waals surface area contributed by atoms with E-state index in [1.54, 1.807) is 18.3 Å². The molecule has 21 heavy (non-hydrogen) atoms. The standard InChI is InChI=1S/C14H21N3O3Si/c1-19-14(18)12-11-6-5-7-15-13(11)16-17(12)10-20-8-9-21(2,3)4/h5-7H,8-10H2,1-4H3. The number of hydrogen-bond donors (Lipinski definition) is 0. The fourth-order valence-corrected chi connectivity index (χ4v) is 2.66. The van der Waals surface area contributed by atoms with Crippen LogP contribution >= 0.6 is 0 Å². The molecule has 0 spiro atoms. The summed E-state index contributed by atoms with van der Waals surface area (Å²) in [5.41, 5.74) is 0.903. The molecule has 2 rings (SSSR count). The summed E-state index contributed by atoms with van der Waals surface area (Å²) in [6.07, 6.45) is 1.65. The second kappa shape index (κ2) is 6.36. The van der Waals surface area contributed by atoms with E-state index in [0.717, 1.165) is 6.04 Å². The van der Waals surface area contributed by atoms with Crippen LogP contribution in [0.3, 0.4) is 0 Å². The van der Waals surface area contributed by atoms with Crippen LogP contribution in [-0.2, 0) is 16.2 Å². The van der Waals surface area contributed by atoms with Crippen LogP contribution in [0.25, 0.3) is 11.0 Å². The monoisotopic (exact) mass is 307 g/mol. The number of rotatable bonds is 6. The van der Waals surface area contributed by atoms with Gasteiger partial charge in [0.2, 0.25) is 0 Å². The van der Waals surface area contributed by atoms with Crippen LogP contribution in [0, 0.1) is 0 Å². The minimum absolute atomic E-state index is 0.227. The van der Waals surface area contributed by atoms with Gasteiger partial charge in [0.1, 0.15) is 6.73 Å². The zero-order valence-electron chi connectivity index (χ0n) is 12.9. The van der Waals surface area contributed by atoms with Crippen LogP contribution in [0.4, 0.5) is 0 Å². The average Bonchev–Trinajstić information content (AvgIpc) is 2.80. The van der Waals surface area contributed by atoms with Crippen molar-refractivity contribution in [3.8, 4) is 0 Å². The minimum Gasteiger partial charge on any atom is -0.464 e. The number of carbonyl (C=O) groups is 1. The Bertz CT molecular complexity index is 634. The first-order valence-electron chi connectivity index (χ1n) is 6.90. The van der Waals surface area contributed by atoms with Crippen LogP contribution in [-0.4, -0.2) is 42.5 Å². The fraction of sp³-hybridized carbons (Fsp3) is 0.500. The van der Waals surface area contributed by atoms with Gasteiger partial charge in [-0.1, -0.05) is 19.6 Å². The first-order chi connectivity index (χ1) is 9.92. The van der Waals surface area contributed by atoms with Crippen molar-refractivity contribution in [3.63, 3.8) is 0 Å². The molecule has 0 unspecified atom stereocenters. The Balaban J connectivity index is 2.17. The average molecular weight is 307 g/mol. The summed E-state index contributed by atoms with van der Waals surface area (Å²) in [6.45, 7) is 7.78. The lowest BCUT2D eigenvalue weighted by atomic mass is 10.2. The quantitative estimate of drug-likeness (QED) is 0.466. The maximum atomic E-state index is 11.9. The van der Waals surface area contributed by atoms with Gasteiger partial charge in [-0.05, 0) is 18.2 Å². The summed E-state index contributed by atoms with van der Waals surface area (Å²) < 4.78 is 12.0. The molecule has 0 bridgehead atoms. The van der Waals surface area contributed by atoms with E-state index in [9.17, 15) is 4.79 Å². The molecular weight excluding hydrogens is 286 g/mol. The lowest BCUT2D eigenvalue weighted by molar-refractivity contribution is 0.0521. The van der Waals surface area contributed by atoms with Crippen molar-refractivity contribution >= 4 is 25.1 Å². The molecular formula is C14H21N3O3Si. The Kier molecular flexibility index (Phi) is 4.74. The molecule has 0 saturated heterocycles. The third-order valence-electron chi connectivity index (χ3n) is 3.10. The number of nitrogens with zero attached hydrogens (tertiary/aromatic N) is 3. The number of carbonyl (C=O) groups excluding carboxylic acids is 1. The van der Waals surface area contributed by atoms with Crippen molar-refractivity contribution < 1.29 is 14.3 Å². The maximum Gasteiger partial charge on any atom is 0.357 e. The van der Waals surface area contributed by atoms with E-state index in [-0.39, 0.29) is 6.73 Å². The molecule has 114 valence electrons. The molecule has 7 heteroatoms. The smallest absolute Gasteiger partial charge is 0.357 e. The Labute approximate surface area is 125 Å². The maximum absolute atomic E-state index is 11.9. The lowest BCUT2D eigenvalue weighted by Gasteiger charge is -2.15. The molecule has 0 radical (unpaired) electrons. The van der Waals surface area contributed by atoms with E-state index in [4.69, 9.17) is 9.47 Å². The number of pyridine rings is 1. The summed E-state index contributed by atoms with van der Waals surface area (Å²) in [7, 11) is 0.227. The van der Waals surface area contributed by atoms with Crippen molar-refractivity contribution in [1.82, 2.24) is 14.8 Å². The Morgan fingerprint density at radius 2 is 2.14 bits per heavy atom. The summed E-state index contributed by atoms with van der Waals surface area (Å²) in [5.74, 6) is -0.431. The number of esters is 1. The Morgan fingerprint density at radius 1 is 1.38 bits per heavy atom. The number of fused-ring (bicyclic) bond motifs is 1. The molecule has 2 aromatic heterocycles. The molecule has 0 saturated carbocycles. The van der Waals surface area contributed by atoms with Gasteiger partial charge in [-0.3, -0.25) is 0 Å². The topological polar surface area (TPSA) is 66.2 Å². The van der Waals surface area contributed by atoms with Gasteiger partial charge in [0, 0.05) is 20.9 Å². The van der Waals surface area contributed by atoms with Crippen LogP contribution in [0.15, 0.2) is 18.3 Å². The third kappa shape index (κ3) is 3.89. The zero-order valence-corrected chi connectivity index (χ0v) is 13.9. The van der Waals surface area contributed by atoms with E-state index in [1.165, 1.54) is 11.8 Å². The van der Waals surface area contributed by atoms with Gasteiger partial charge in [-0.15, -0.1) is 5.10 Å². The summed E-state index contributed by atoms with van der Waals surface area (Å²) in [5, 5.41) is 4.99. The molecule has 0 aliphatic rings. The molecule has 0 amide bonds. The highest BCUT2D eigenvalue weighted by Crippen LogP contribution is 2.17. The van der Waals surface area contributed by atoms with Crippen molar-refractivity contribution in [2.24, 2.45) is 0 Å². The first-order valence-corrected chi connectivity index (χ1v) is 10.6. The second-order valence-corrected chi connectivity index (χ2v) is 11.7. The molecule has 0 aromatic carbocycles. The van der Waals surface area contributed by atoms with Crippen LogP contribution in [0.1, 0.15) is 10.5 Å². The number of ether oxygens (including phenoxy) is 2. The van der Waals surface area contributed by atoms with E-state index in [0.29, 0.717) is 23.3 Å². The van der Waals surface area contributed by atoms with Crippen LogP contribution < -0.4 is 0 Å². The number of hydrogen-bond acceptors (Lipinski definition) is 5. The van der Waals surface area contributed by atoms with Gasteiger partial charge < -0.3 is 9.47 Å². The normalized spacial score (nSPS) is 11.8. The summed E-state index contributed by atoms with van der Waals surface area (Å²) in [4.78, 5) is 16.1. The van der Waals surface area contributed by atoms with Crippen LogP contribution in [0.5, 0.6) is 0 Å². The van der Waals surface area contributed by atoms with Crippen LogP contribution in [0.2, 0.25) is 25.7 Å². The molecule has 0 atom stereocenters. The zero-order chi connectivity index (χ0) is 15.5. The Hall–Kier alpha value is -1.73. The predicted octanol–water partition coefficient (Wildman–Crippen LogP) is 2.53.